The number of nitrogens with zero attached hydrogens (tertiary/aromatic N) is 3. The molecule has 1 amide bonds. The Balaban J connectivity index is 1.47. The molecule has 0 aliphatic carbocycles. The lowest BCUT2D eigenvalue weighted by Crippen LogP contribution is -2.48. The van der Waals surface area contributed by atoms with Gasteiger partial charge in [-0.2, -0.15) is 0 Å². The Labute approximate surface area is 158 Å². The summed E-state index contributed by atoms with van der Waals surface area (Å²) in [6.45, 7) is 9.43. The summed E-state index contributed by atoms with van der Waals surface area (Å²) < 4.78 is 1.27. The van der Waals surface area contributed by atoms with Crippen molar-refractivity contribution in [2.75, 3.05) is 31.1 Å². The van der Waals surface area contributed by atoms with Crippen molar-refractivity contribution in [1.29, 1.82) is 0 Å². The van der Waals surface area contributed by atoms with Crippen LogP contribution in [0, 0.1) is 20.8 Å². The van der Waals surface area contributed by atoms with Gasteiger partial charge in [0.1, 0.15) is 0 Å². The van der Waals surface area contributed by atoms with Crippen LogP contribution in [-0.2, 0) is 0 Å². The molecule has 1 aliphatic heterocycles. The van der Waals surface area contributed by atoms with Crippen molar-refractivity contribution in [2.45, 2.75) is 20.8 Å². The second-order valence-electron chi connectivity index (χ2n) is 7.07. The third-order valence-electron chi connectivity index (χ3n) is 4.94. The molecule has 134 valence electrons. The van der Waals surface area contributed by atoms with Gasteiger partial charge >= 0.3 is 0 Å². The lowest BCUT2D eigenvalue weighted by molar-refractivity contribution is 0.0747. The van der Waals surface area contributed by atoms with Gasteiger partial charge in [0.15, 0.2) is 5.13 Å². The third-order valence-corrected chi connectivity index (χ3v) is 6.21. The van der Waals surface area contributed by atoms with Gasteiger partial charge in [0.2, 0.25) is 0 Å². The SMILES string of the molecule is Cc1ccc(C(=O)N2CCN(c3nc4cc(C)cc(C)c4s3)CC2)cc1. The number of aryl methyl sites for hydroxylation is 3. The molecule has 1 fully saturated rings. The standard InChI is InChI=1S/C21H23N3OS/c1-14-4-6-17(7-5-14)20(25)23-8-10-24(11-9-23)21-22-18-13-15(2)12-16(3)19(18)26-21/h4-7,12-13H,8-11H2,1-3H3. The number of carbonyl (C=O) groups is 1. The smallest absolute Gasteiger partial charge is 0.253 e. The second kappa shape index (κ2) is 6.72. The molecule has 1 aromatic heterocycles. The Hall–Kier alpha value is -2.40. The van der Waals surface area contributed by atoms with Crippen LogP contribution in [0.1, 0.15) is 27.0 Å². The second-order valence-corrected chi connectivity index (χ2v) is 8.05. The minimum Gasteiger partial charge on any atom is -0.345 e. The number of piperazine rings is 1. The van der Waals surface area contributed by atoms with Crippen LogP contribution >= 0.6 is 11.3 Å². The van der Waals surface area contributed by atoms with E-state index in [1.54, 1.807) is 11.3 Å². The highest BCUT2D eigenvalue weighted by Crippen LogP contribution is 2.32. The zero-order chi connectivity index (χ0) is 18.3. The lowest BCUT2D eigenvalue weighted by Gasteiger charge is -2.34. The number of anilines is 1. The number of aromatic nitrogens is 1. The van der Waals surface area contributed by atoms with Crippen LogP contribution in [0.4, 0.5) is 5.13 Å². The van der Waals surface area contributed by atoms with Crippen LogP contribution in [0.2, 0.25) is 0 Å². The van der Waals surface area contributed by atoms with E-state index in [1.807, 2.05) is 36.1 Å². The average molecular weight is 366 g/mol. The molecule has 26 heavy (non-hydrogen) atoms. The molecule has 0 bridgehead atoms. The number of hydrogen-bond donors (Lipinski definition) is 0. The number of hydrogen-bond acceptors (Lipinski definition) is 4. The maximum absolute atomic E-state index is 12.7. The van der Waals surface area contributed by atoms with E-state index in [0.29, 0.717) is 0 Å². The van der Waals surface area contributed by atoms with Crippen molar-refractivity contribution >= 4 is 32.6 Å². The molecule has 2 aromatic carbocycles. The number of rotatable bonds is 2. The van der Waals surface area contributed by atoms with Crippen molar-refractivity contribution in [3.05, 3.63) is 58.7 Å². The monoisotopic (exact) mass is 365 g/mol. The maximum Gasteiger partial charge on any atom is 0.253 e. The van der Waals surface area contributed by atoms with Gasteiger partial charge in [-0.3, -0.25) is 4.79 Å². The van der Waals surface area contributed by atoms with Crippen LogP contribution in [-0.4, -0.2) is 42.0 Å². The average Bonchev–Trinajstić information content (AvgIpc) is 3.06. The van der Waals surface area contributed by atoms with E-state index in [2.05, 4.69) is 30.9 Å². The summed E-state index contributed by atoms with van der Waals surface area (Å²) in [6, 6.07) is 12.2. The highest BCUT2D eigenvalue weighted by Gasteiger charge is 2.24. The van der Waals surface area contributed by atoms with Gasteiger partial charge in [0, 0.05) is 31.7 Å². The van der Waals surface area contributed by atoms with Crippen molar-refractivity contribution in [2.24, 2.45) is 0 Å². The van der Waals surface area contributed by atoms with Gasteiger partial charge in [-0.1, -0.05) is 35.1 Å². The normalized spacial score (nSPS) is 14.9. The maximum atomic E-state index is 12.7. The van der Waals surface area contributed by atoms with E-state index in [1.165, 1.54) is 21.4 Å². The number of fused-ring (bicyclic) bond motifs is 1. The van der Waals surface area contributed by atoms with Crippen molar-refractivity contribution in [3.8, 4) is 0 Å². The first-order valence-electron chi connectivity index (χ1n) is 9.00. The first-order valence-corrected chi connectivity index (χ1v) is 9.81. The summed E-state index contributed by atoms with van der Waals surface area (Å²) in [5.41, 5.74) is 5.57. The number of amides is 1. The summed E-state index contributed by atoms with van der Waals surface area (Å²) >= 11 is 1.76. The predicted molar refractivity (Wildman–Crippen MR) is 108 cm³/mol. The highest BCUT2D eigenvalue weighted by molar-refractivity contribution is 7.22. The molecular formula is C21H23N3OS. The number of carbonyl (C=O) groups excluding carboxylic acids is 1. The summed E-state index contributed by atoms with van der Waals surface area (Å²) in [5.74, 6) is 0.125. The largest absolute Gasteiger partial charge is 0.345 e. The summed E-state index contributed by atoms with van der Waals surface area (Å²) in [4.78, 5) is 21.8. The fourth-order valence-electron chi connectivity index (χ4n) is 3.48. The molecule has 0 spiro atoms. The minimum atomic E-state index is 0.125. The van der Waals surface area contributed by atoms with Crippen molar-refractivity contribution < 1.29 is 4.79 Å². The summed E-state index contributed by atoms with van der Waals surface area (Å²) in [5, 5.41) is 1.07. The quantitative estimate of drug-likeness (QED) is 0.683. The van der Waals surface area contributed by atoms with Crippen LogP contribution in [0.25, 0.3) is 10.2 Å². The minimum absolute atomic E-state index is 0.125. The Morgan fingerprint density at radius 3 is 2.35 bits per heavy atom. The van der Waals surface area contributed by atoms with Crippen molar-refractivity contribution in [3.63, 3.8) is 0 Å². The molecule has 0 atom stereocenters. The highest BCUT2D eigenvalue weighted by atomic mass is 32.1. The van der Waals surface area contributed by atoms with Gasteiger partial charge in [0.05, 0.1) is 10.2 Å². The third kappa shape index (κ3) is 3.19. The molecule has 4 nitrogen and oxygen atoms in total. The van der Waals surface area contributed by atoms with Crippen LogP contribution in [0.15, 0.2) is 36.4 Å². The summed E-state index contributed by atoms with van der Waals surface area (Å²) in [6.07, 6.45) is 0. The molecule has 5 heteroatoms. The van der Waals surface area contributed by atoms with E-state index < -0.39 is 0 Å². The van der Waals surface area contributed by atoms with E-state index in [9.17, 15) is 4.79 Å². The van der Waals surface area contributed by atoms with E-state index in [-0.39, 0.29) is 5.91 Å². The Bertz CT molecular complexity index is 953. The van der Waals surface area contributed by atoms with Crippen LogP contribution in [0.5, 0.6) is 0 Å². The van der Waals surface area contributed by atoms with E-state index in [4.69, 9.17) is 4.98 Å². The molecular weight excluding hydrogens is 342 g/mol. The first kappa shape index (κ1) is 17.0. The molecule has 0 N–H and O–H groups in total. The molecule has 2 heterocycles. The molecule has 0 unspecified atom stereocenters. The van der Waals surface area contributed by atoms with Gasteiger partial charge in [-0.25, -0.2) is 4.98 Å². The van der Waals surface area contributed by atoms with Crippen LogP contribution < -0.4 is 4.90 Å². The first-order chi connectivity index (χ1) is 12.5. The van der Waals surface area contributed by atoms with E-state index in [0.717, 1.165) is 42.4 Å². The summed E-state index contributed by atoms with van der Waals surface area (Å²) in [7, 11) is 0. The Morgan fingerprint density at radius 2 is 1.65 bits per heavy atom. The lowest BCUT2D eigenvalue weighted by atomic mass is 10.1. The van der Waals surface area contributed by atoms with Gasteiger partial charge in [-0.05, 0) is 50.1 Å². The molecule has 3 aromatic rings. The zero-order valence-corrected chi connectivity index (χ0v) is 16.3. The molecule has 1 saturated heterocycles. The zero-order valence-electron chi connectivity index (χ0n) is 15.5. The number of thiazole rings is 1. The predicted octanol–water partition coefficient (Wildman–Crippen LogP) is 4.18. The van der Waals surface area contributed by atoms with Crippen molar-refractivity contribution in [1.82, 2.24) is 9.88 Å². The van der Waals surface area contributed by atoms with Gasteiger partial charge in [0.25, 0.3) is 5.91 Å². The van der Waals surface area contributed by atoms with Gasteiger partial charge in [-0.15, -0.1) is 0 Å². The Kier molecular flexibility index (Phi) is 4.41. The topological polar surface area (TPSA) is 36.4 Å². The van der Waals surface area contributed by atoms with Crippen LogP contribution in [0.3, 0.4) is 0 Å². The molecule has 4 rings (SSSR count). The molecule has 0 saturated carbocycles. The fourth-order valence-corrected chi connectivity index (χ4v) is 4.55. The molecule has 1 aliphatic rings. The fraction of sp³-hybridized carbons (Fsp3) is 0.333. The van der Waals surface area contributed by atoms with E-state index >= 15 is 0 Å². The van der Waals surface area contributed by atoms with Gasteiger partial charge < -0.3 is 9.80 Å². The number of benzene rings is 2. The Morgan fingerprint density at radius 1 is 0.962 bits per heavy atom. The molecule has 0 radical (unpaired) electrons.